The van der Waals surface area contributed by atoms with Crippen LogP contribution in [-0.4, -0.2) is 11.2 Å². The third-order valence-corrected chi connectivity index (χ3v) is 3.21. The van der Waals surface area contributed by atoms with Crippen molar-refractivity contribution >= 4 is 11.6 Å². The summed E-state index contributed by atoms with van der Waals surface area (Å²) in [6, 6.07) is 11.8. The molecule has 0 aliphatic heterocycles. The maximum Gasteiger partial charge on any atom is 0.212 e. The molecule has 0 atom stereocenters. The third-order valence-electron chi connectivity index (χ3n) is 2.94. The minimum Gasteiger partial charge on any atom is -0.479 e. The Bertz CT molecular complexity index is 750. The summed E-state index contributed by atoms with van der Waals surface area (Å²) in [4.78, 5) is 11.8. The predicted octanol–water partition coefficient (Wildman–Crippen LogP) is 2.71. The molecule has 1 radical (unpaired) electrons. The van der Waals surface area contributed by atoms with Gasteiger partial charge in [0.2, 0.25) is 5.56 Å². The van der Waals surface area contributed by atoms with Crippen molar-refractivity contribution in [3.63, 3.8) is 0 Å². The Hall–Kier alpha value is -1.15. The van der Waals surface area contributed by atoms with Crippen LogP contribution >= 0.6 is 11.6 Å². The van der Waals surface area contributed by atoms with E-state index in [2.05, 4.69) is 6.07 Å². The van der Waals surface area contributed by atoms with Gasteiger partial charge in [-0.1, -0.05) is 23.7 Å². The molecule has 2 aromatic rings. The van der Waals surface area contributed by atoms with Gasteiger partial charge in [0.1, 0.15) is 11.8 Å². The summed E-state index contributed by atoms with van der Waals surface area (Å²) in [7, 11) is 1.65. The fourth-order valence-electron chi connectivity index (χ4n) is 1.92. The Morgan fingerprint density at radius 2 is 2.19 bits per heavy atom. The van der Waals surface area contributed by atoms with E-state index in [0.29, 0.717) is 11.4 Å². The number of nitrogens with zero attached hydrogens (tertiary/aromatic N) is 2. The van der Waals surface area contributed by atoms with Crippen LogP contribution in [0.4, 0.5) is 0 Å². The molecule has 0 bridgehead atoms. The zero-order valence-corrected chi connectivity index (χ0v) is 15.3. The number of ether oxygens (including phenoxy) is 1. The quantitative estimate of drug-likeness (QED) is 0.774. The molecule has 0 aliphatic rings. The second-order valence-corrected chi connectivity index (χ2v) is 4.68. The van der Waals surface area contributed by atoms with Gasteiger partial charge in [0.15, 0.2) is 6.61 Å². The SMILES string of the molecule is Cc1cc(OCC#N)ccc1-c1[c-]cc(Cl)c(=O)n1C.[Y]. The molecule has 2 rings (SSSR count). The summed E-state index contributed by atoms with van der Waals surface area (Å²) in [5, 5.41) is 8.63. The molecule has 21 heavy (non-hydrogen) atoms. The molecule has 1 aromatic carbocycles. The van der Waals surface area contributed by atoms with Crippen molar-refractivity contribution in [2.75, 3.05) is 6.61 Å². The van der Waals surface area contributed by atoms with Crippen molar-refractivity contribution in [3.05, 3.63) is 51.3 Å². The van der Waals surface area contributed by atoms with Gasteiger partial charge in [0.25, 0.3) is 0 Å². The number of hydrogen-bond donors (Lipinski definition) is 0. The molecule has 105 valence electrons. The molecule has 1 aromatic heterocycles. The predicted molar refractivity (Wildman–Crippen MR) is 76.8 cm³/mol. The van der Waals surface area contributed by atoms with E-state index in [1.165, 1.54) is 10.6 Å². The van der Waals surface area contributed by atoms with E-state index in [1.807, 2.05) is 25.1 Å². The molecule has 0 fully saturated rings. The Balaban J connectivity index is 0.00000220. The zero-order chi connectivity index (χ0) is 14.7. The van der Waals surface area contributed by atoms with Crippen molar-refractivity contribution in [1.29, 1.82) is 5.26 Å². The Morgan fingerprint density at radius 3 is 2.81 bits per heavy atom. The van der Waals surface area contributed by atoms with Crippen molar-refractivity contribution in [1.82, 2.24) is 4.57 Å². The van der Waals surface area contributed by atoms with E-state index in [0.717, 1.165) is 11.1 Å². The molecule has 0 spiro atoms. The summed E-state index contributed by atoms with van der Waals surface area (Å²) in [5.74, 6) is 0.617. The van der Waals surface area contributed by atoms with Crippen LogP contribution in [0.5, 0.6) is 5.75 Å². The fourth-order valence-corrected chi connectivity index (χ4v) is 2.10. The van der Waals surface area contributed by atoms with E-state index >= 15 is 0 Å². The van der Waals surface area contributed by atoms with E-state index in [4.69, 9.17) is 21.6 Å². The molecule has 6 heteroatoms. The van der Waals surface area contributed by atoms with Crippen LogP contribution in [0.1, 0.15) is 5.56 Å². The smallest absolute Gasteiger partial charge is 0.212 e. The molecule has 4 nitrogen and oxygen atoms in total. The Kier molecular flexibility index (Phi) is 6.60. The van der Waals surface area contributed by atoms with Crippen molar-refractivity contribution in [2.45, 2.75) is 6.92 Å². The van der Waals surface area contributed by atoms with Gasteiger partial charge in [-0.05, 0) is 12.1 Å². The zero-order valence-electron chi connectivity index (χ0n) is 11.7. The van der Waals surface area contributed by atoms with Crippen molar-refractivity contribution < 1.29 is 37.4 Å². The van der Waals surface area contributed by atoms with Gasteiger partial charge in [-0.2, -0.15) is 29.0 Å². The largest absolute Gasteiger partial charge is 0.479 e. The summed E-state index contributed by atoms with van der Waals surface area (Å²) < 4.78 is 6.70. The summed E-state index contributed by atoms with van der Waals surface area (Å²) in [5.41, 5.74) is 2.19. The van der Waals surface area contributed by atoms with Crippen LogP contribution in [-0.2, 0) is 39.8 Å². The maximum absolute atomic E-state index is 11.8. The fraction of sp³-hybridized carbons (Fsp3) is 0.200. The van der Waals surface area contributed by atoms with Gasteiger partial charge >= 0.3 is 0 Å². The van der Waals surface area contributed by atoms with Crippen molar-refractivity contribution in [3.8, 4) is 23.1 Å². The monoisotopic (exact) mass is 376 g/mol. The van der Waals surface area contributed by atoms with Gasteiger partial charge in [0, 0.05) is 44.8 Å². The average Bonchev–Trinajstić information content (AvgIpc) is 2.44. The van der Waals surface area contributed by atoms with Crippen LogP contribution in [0, 0.1) is 24.3 Å². The standard InChI is InChI=1S/C15H12ClN2O2.Y/c1-10-9-11(20-8-7-17)3-4-12(10)14-6-5-13(16)15(19)18(14)2;/h3-5,9H,8H2,1-2H3;/q-1;. The van der Waals surface area contributed by atoms with Crippen LogP contribution in [0.15, 0.2) is 29.1 Å². The molecule has 1 heterocycles. The van der Waals surface area contributed by atoms with Gasteiger partial charge in [-0.25, -0.2) is 0 Å². The molecule has 0 amide bonds. The molecule has 0 N–H and O–H groups in total. The number of pyridine rings is 1. The summed E-state index contributed by atoms with van der Waals surface area (Å²) in [6.45, 7) is 1.91. The normalized spacial score (nSPS) is 9.62. The van der Waals surface area contributed by atoms with Crippen LogP contribution in [0.2, 0.25) is 5.02 Å². The number of rotatable bonds is 3. The van der Waals surface area contributed by atoms with Crippen LogP contribution in [0.3, 0.4) is 0 Å². The molecule has 0 saturated carbocycles. The molecular formula is C15H12ClN2O2Y-. The number of hydrogen-bond acceptors (Lipinski definition) is 3. The Morgan fingerprint density at radius 1 is 1.48 bits per heavy atom. The van der Waals surface area contributed by atoms with Gasteiger partial charge < -0.3 is 9.30 Å². The Labute approximate surface area is 153 Å². The van der Waals surface area contributed by atoms with Gasteiger partial charge in [0.05, 0.1) is 0 Å². The maximum atomic E-state index is 11.8. The second-order valence-electron chi connectivity index (χ2n) is 4.27. The molecular weight excluding hydrogens is 365 g/mol. The molecule has 0 unspecified atom stereocenters. The molecule has 0 saturated heterocycles. The number of halogens is 1. The summed E-state index contributed by atoms with van der Waals surface area (Å²) in [6.07, 6.45) is 0. The first kappa shape index (κ1) is 17.9. The minimum absolute atomic E-state index is 0. The topological polar surface area (TPSA) is 55.0 Å². The third kappa shape index (κ3) is 3.94. The van der Waals surface area contributed by atoms with E-state index in [-0.39, 0.29) is 49.9 Å². The van der Waals surface area contributed by atoms with E-state index in [9.17, 15) is 4.79 Å². The first-order valence-electron chi connectivity index (χ1n) is 5.92. The first-order valence-corrected chi connectivity index (χ1v) is 6.30. The second kappa shape index (κ2) is 7.75. The van der Waals surface area contributed by atoms with Gasteiger partial charge in [-0.15, -0.1) is 6.07 Å². The number of aromatic nitrogens is 1. The average molecular weight is 377 g/mol. The van der Waals surface area contributed by atoms with Crippen LogP contribution in [0.25, 0.3) is 11.3 Å². The minimum atomic E-state index is -0.260. The number of nitriles is 1. The molecule has 0 aliphatic carbocycles. The first-order chi connectivity index (χ1) is 9.54. The van der Waals surface area contributed by atoms with Crippen molar-refractivity contribution in [2.24, 2.45) is 7.05 Å². The summed E-state index contributed by atoms with van der Waals surface area (Å²) >= 11 is 5.78. The number of benzene rings is 1. The van der Waals surface area contributed by atoms with Gasteiger partial charge in [-0.3, -0.25) is 4.79 Å². The number of aryl methyl sites for hydroxylation is 1. The van der Waals surface area contributed by atoms with E-state index in [1.54, 1.807) is 13.1 Å². The van der Waals surface area contributed by atoms with E-state index < -0.39 is 0 Å². The van der Waals surface area contributed by atoms with Crippen LogP contribution < -0.4 is 10.3 Å².